The smallest absolute Gasteiger partial charge is 0.0706 e. The van der Waals surface area contributed by atoms with Crippen LogP contribution in [0.5, 0.6) is 0 Å². The van der Waals surface area contributed by atoms with Gasteiger partial charge in [-0.3, -0.25) is 0 Å². The van der Waals surface area contributed by atoms with Crippen molar-refractivity contribution in [3.8, 4) is 0 Å². The zero-order chi connectivity index (χ0) is 8.27. The summed E-state index contributed by atoms with van der Waals surface area (Å²) in [5, 5.41) is 0. The Morgan fingerprint density at radius 3 is 2.82 bits per heavy atom. The number of nitrogens with two attached hydrogens (primary N) is 1. The second-order valence-electron chi connectivity index (χ2n) is 2.33. The van der Waals surface area contributed by atoms with Crippen LogP contribution < -0.4 is 10.4 Å². The van der Waals surface area contributed by atoms with Gasteiger partial charge in [0.15, 0.2) is 0 Å². The Hall–Kier alpha value is -0.730. The topological polar surface area (TPSA) is 29.3 Å². The first-order valence-electron chi connectivity index (χ1n) is 3.53. The number of aryl methyl sites for hydroxylation is 1. The van der Waals surface area contributed by atoms with Crippen LogP contribution in [0.4, 0.5) is 5.69 Å². The second kappa shape index (κ2) is 3.60. The predicted molar refractivity (Wildman–Crippen MR) is 48.3 cm³/mol. The Balaban J connectivity index is 2.91. The van der Waals surface area contributed by atoms with Crippen LogP contribution in [0.15, 0.2) is 24.3 Å². The summed E-state index contributed by atoms with van der Waals surface area (Å²) in [6, 6.07) is 7.82. The van der Waals surface area contributed by atoms with Crippen LogP contribution in [0.3, 0.4) is 0 Å². The molecule has 0 saturated heterocycles. The van der Waals surface area contributed by atoms with Crippen LogP contribution in [-0.2, 0) is 6.42 Å². The summed E-state index contributed by atoms with van der Waals surface area (Å²) < 4.78 is 1.10. The minimum absolute atomic E-state index is 0.825. The van der Waals surface area contributed by atoms with Crippen molar-refractivity contribution in [1.82, 2.24) is 0 Å². The van der Waals surface area contributed by atoms with Gasteiger partial charge in [0.1, 0.15) is 0 Å². The lowest BCUT2D eigenvalue weighted by atomic mass is 10.1. The SMILES string of the molecule is CCc1cccc(N(N)Cl)c1. The molecule has 0 bridgehead atoms. The first kappa shape index (κ1) is 8.37. The molecule has 1 aromatic carbocycles. The van der Waals surface area contributed by atoms with Gasteiger partial charge in [-0.05, 0) is 24.1 Å². The molecule has 60 valence electrons. The average molecular weight is 171 g/mol. The fourth-order valence-electron chi connectivity index (χ4n) is 0.909. The van der Waals surface area contributed by atoms with Crippen LogP contribution >= 0.6 is 11.8 Å². The van der Waals surface area contributed by atoms with Crippen molar-refractivity contribution in [3.63, 3.8) is 0 Å². The molecule has 0 aliphatic rings. The second-order valence-corrected chi connectivity index (χ2v) is 2.70. The minimum Gasteiger partial charge on any atom is -0.232 e. The molecule has 1 aromatic rings. The van der Waals surface area contributed by atoms with E-state index in [9.17, 15) is 0 Å². The lowest BCUT2D eigenvalue weighted by Crippen LogP contribution is -2.18. The van der Waals surface area contributed by atoms with Crippen molar-refractivity contribution in [2.45, 2.75) is 13.3 Å². The van der Waals surface area contributed by atoms with Crippen LogP contribution in [-0.4, -0.2) is 0 Å². The summed E-state index contributed by atoms with van der Waals surface area (Å²) in [6.07, 6.45) is 0.999. The predicted octanol–water partition coefficient (Wildman–Crippen LogP) is 2.08. The molecule has 11 heavy (non-hydrogen) atoms. The molecule has 0 aromatic heterocycles. The van der Waals surface area contributed by atoms with Gasteiger partial charge in [-0.25, -0.2) is 10.4 Å². The molecule has 0 fully saturated rings. The molecule has 0 spiro atoms. The van der Waals surface area contributed by atoms with Gasteiger partial charge in [-0.2, -0.15) is 0 Å². The third kappa shape index (κ3) is 2.10. The number of hydrogen-bond donors (Lipinski definition) is 1. The monoisotopic (exact) mass is 170 g/mol. The highest BCUT2D eigenvalue weighted by molar-refractivity contribution is 6.24. The zero-order valence-electron chi connectivity index (χ0n) is 6.42. The van der Waals surface area contributed by atoms with E-state index in [4.69, 9.17) is 17.6 Å². The molecule has 1 rings (SSSR count). The van der Waals surface area contributed by atoms with Gasteiger partial charge in [0, 0.05) is 11.8 Å². The lowest BCUT2D eigenvalue weighted by Gasteiger charge is -2.08. The van der Waals surface area contributed by atoms with E-state index in [-0.39, 0.29) is 0 Å². The van der Waals surface area contributed by atoms with Gasteiger partial charge in [0.2, 0.25) is 0 Å². The Labute approximate surface area is 71.6 Å². The van der Waals surface area contributed by atoms with Gasteiger partial charge in [-0.1, -0.05) is 19.1 Å². The maximum absolute atomic E-state index is 5.54. The fraction of sp³-hybridized carbons (Fsp3) is 0.250. The fourth-order valence-corrected chi connectivity index (χ4v) is 1.01. The van der Waals surface area contributed by atoms with Crippen molar-refractivity contribution in [1.29, 1.82) is 0 Å². The van der Waals surface area contributed by atoms with Gasteiger partial charge in [0.05, 0.1) is 5.69 Å². The van der Waals surface area contributed by atoms with Gasteiger partial charge in [-0.15, -0.1) is 0 Å². The largest absolute Gasteiger partial charge is 0.232 e. The molecule has 0 heterocycles. The maximum Gasteiger partial charge on any atom is 0.0706 e. The van der Waals surface area contributed by atoms with E-state index in [0.717, 1.165) is 16.6 Å². The van der Waals surface area contributed by atoms with E-state index in [1.165, 1.54) is 5.56 Å². The van der Waals surface area contributed by atoms with E-state index in [0.29, 0.717) is 0 Å². The number of benzene rings is 1. The highest BCUT2D eigenvalue weighted by Gasteiger charge is 1.96. The molecule has 0 unspecified atom stereocenters. The highest BCUT2D eigenvalue weighted by Crippen LogP contribution is 2.14. The first-order chi connectivity index (χ1) is 5.24. The van der Waals surface area contributed by atoms with E-state index in [1.54, 1.807) is 0 Å². The van der Waals surface area contributed by atoms with Crippen LogP contribution in [0.1, 0.15) is 12.5 Å². The zero-order valence-corrected chi connectivity index (χ0v) is 7.17. The number of rotatable bonds is 2. The van der Waals surface area contributed by atoms with Crippen molar-refractivity contribution >= 4 is 17.5 Å². The van der Waals surface area contributed by atoms with Crippen molar-refractivity contribution in [3.05, 3.63) is 29.8 Å². The maximum atomic E-state index is 5.54. The van der Waals surface area contributed by atoms with Crippen LogP contribution in [0, 0.1) is 0 Å². The van der Waals surface area contributed by atoms with Crippen LogP contribution in [0.25, 0.3) is 0 Å². The molecule has 0 atom stereocenters. The van der Waals surface area contributed by atoms with Gasteiger partial charge < -0.3 is 0 Å². The van der Waals surface area contributed by atoms with E-state index in [2.05, 4.69) is 6.92 Å². The molecule has 0 saturated carbocycles. The summed E-state index contributed by atoms with van der Waals surface area (Å²) >= 11 is 5.54. The Kier molecular flexibility index (Phi) is 2.74. The molecule has 2 N–H and O–H groups in total. The standard InChI is InChI=1S/C8H11ClN2/c1-2-7-4-3-5-8(6-7)11(9)10/h3-6H,2,10H2,1H3. The van der Waals surface area contributed by atoms with Crippen molar-refractivity contribution in [2.75, 3.05) is 4.53 Å². The summed E-state index contributed by atoms with van der Waals surface area (Å²) in [5.74, 6) is 5.34. The van der Waals surface area contributed by atoms with E-state index < -0.39 is 0 Å². The van der Waals surface area contributed by atoms with Crippen molar-refractivity contribution < 1.29 is 0 Å². The van der Waals surface area contributed by atoms with Crippen LogP contribution in [0.2, 0.25) is 0 Å². The summed E-state index contributed by atoms with van der Waals surface area (Å²) in [7, 11) is 0. The first-order valence-corrected chi connectivity index (χ1v) is 3.87. The Morgan fingerprint density at radius 2 is 2.27 bits per heavy atom. The van der Waals surface area contributed by atoms with E-state index >= 15 is 0 Å². The Bertz CT molecular complexity index is 235. The number of anilines is 1. The summed E-state index contributed by atoms with van der Waals surface area (Å²) in [6.45, 7) is 2.09. The van der Waals surface area contributed by atoms with E-state index in [1.807, 2.05) is 24.3 Å². The van der Waals surface area contributed by atoms with Gasteiger partial charge >= 0.3 is 0 Å². The molecule has 0 aliphatic carbocycles. The molecule has 0 radical (unpaired) electrons. The third-order valence-electron chi connectivity index (χ3n) is 1.57. The molecule has 2 nitrogen and oxygen atoms in total. The molecular formula is C8H11ClN2. The van der Waals surface area contributed by atoms with Gasteiger partial charge in [0.25, 0.3) is 0 Å². The molecule has 0 amide bonds. The number of nitrogens with zero attached hydrogens (tertiary/aromatic N) is 1. The molecule has 0 aliphatic heterocycles. The Morgan fingerprint density at radius 1 is 1.55 bits per heavy atom. The quantitative estimate of drug-likeness (QED) is 0.419. The summed E-state index contributed by atoms with van der Waals surface area (Å²) in [4.78, 5) is 0. The normalized spacial score (nSPS) is 9.73. The summed E-state index contributed by atoms with van der Waals surface area (Å²) in [5.41, 5.74) is 2.06. The lowest BCUT2D eigenvalue weighted by molar-refractivity contribution is 1.12. The third-order valence-corrected chi connectivity index (χ3v) is 1.76. The molecule has 3 heteroatoms. The number of halogens is 1. The minimum atomic E-state index is 0.825. The average Bonchev–Trinajstić information content (AvgIpc) is 2.05. The van der Waals surface area contributed by atoms with Crippen molar-refractivity contribution in [2.24, 2.45) is 5.84 Å². The number of hydrogen-bond acceptors (Lipinski definition) is 2. The molecular weight excluding hydrogens is 160 g/mol. The number of hydrazine groups is 1. The highest BCUT2D eigenvalue weighted by atomic mass is 35.5.